The zero-order valence-electron chi connectivity index (χ0n) is 39.9. The summed E-state index contributed by atoms with van der Waals surface area (Å²) in [6.45, 7) is 11.6. The number of aromatic nitrogens is 4. The van der Waals surface area contributed by atoms with Crippen molar-refractivity contribution in [3.05, 3.63) is 111 Å². The van der Waals surface area contributed by atoms with Crippen LogP contribution in [0.4, 0.5) is 28.7 Å². The molecule has 6 aliphatic rings. The van der Waals surface area contributed by atoms with Gasteiger partial charge < -0.3 is 29.4 Å². The SMILES string of the molecule is C[C@H]1CC(N2CCN(c3ccc4c(c3)C(=O)N(C3CCC(=O)NC3=O)C4=O)CC2)CCN1c1ccc(Nc2cc(-c3ccnc(N4CCn5c(cc6c5CC(C)(C)C6)C4=O)c3CO)cn(C)c2=O)nc1. The highest BCUT2D eigenvalue weighted by molar-refractivity contribution is 6.23. The lowest BCUT2D eigenvalue weighted by atomic mass is 9.90. The smallest absolute Gasteiger partial charge is 0.276 e. The van der Waals surface area contributed by atoms with Gasteiger partial charge in [0.25, 0.3) is 23.3 Å². The molecule has 4 aromatic heterocycles. The monoisotopic (exact) mass is 947 g/mol. The molecule has 5 aromatic rings. The minimum atomic E-state index is -0.994. The number of piperazine rings is 1. The van der Waals surface area contributed by atoms with Gasteiger partial charge in [0.2, 0.25) is 11.8 Å². The summed E-state index contributed by atoms with van der Waals surface area (Å²) in [6.07, 6.45) is 9.23. The van der Waals surface area contributed by atoms with Crippen molar-refractivity contribution in [1.82, 2.24) is 34.2 Å². The number of pyridine rings is 3. The Labute approximate surface area is 404 Å². The average molecular weight is 948 g/mol. The van der Waals surface area contributed by atoms with Crippen LogP contribution >= 0.6 is 0 Å². The first-order valence-corrected chi connectivity index (χ1v) is 24.3. The molecule has 11 rings (SSSR count). The fourth-order valence-corrected chi connectivity index (χ4v) is 11.8. The number of rotatable bonds is 9. The van der Waals surface area contributed by atoms with Crippen molar-refractivity contribution in [3.8, 4) is 11.1 Å². The van der Waals surface area contributed by atoms with Crippen LogP contribution in [0.25, 0.3) is 11.1 Å². The molecule has 2 unspecified atom stereocenters. The van der Waals surface area contributed by atoms with E-state index in [4.69, 9.17) is 4.98 Å². The van der Waals surface area contributed by atoms with E-state index in [2.05, 4.69) is 55.7 Å². The van der Waals surface area contributed by atoms with E-state index in [9.17, 15) is 33.9 Å². The lowest BCUT2D eigenvalue weighted by Gasteiger charge is -2.46. The number of nitrogens with one attached hydrogen (secondary N) is 2. The van der Waals surface area contributed by atoms with Crippen molar-refractivity contribution in [1.29, 1.82) is 0 Å². The van der Waals surface area contributed by atoms with Crippen molar-refractivity contribution in [2.45, 2.75) is 90.6 Å². The molecule has 18 nitrogen and oxygen atoms in total. The standard InChI is InChI=1S/C52H57N11O7/c1-30-21-34(59-17-15-58(16-18-59)33-5-7-37-38(24-33)49(68)63(48(37)67)41-8-10-45(65)56-47(41)66)12-14-60(30)35-6-9-44(54-27-35)55-40-22-32(28-57(4)50(40)69)36-11-13-53-46(39(36)29-64)62-20-19-61-42(51(62)70)23-31-25-52(2,3)26-43(31)61/h5-7,9,11,13,22-24,27-28,30,34,41,64H,8,10,12,14-21,25-26,29H2,1-4H3,(H,54,55)(H,56,65,66)/t30-,34?,41?/m0/s1. The molecule has 18 heteroatoms. The van der Waals surface area contributed by atoms with Crippen molar-refractivity contribution in [3.63, 3.8) is 0 Å². The van der Waals surface area contributed by atoms with Crippen LogP contribution in [0.15, 0.2) is 71.9 Å². The number of carbonyl (C=O) groups is 5. The lowest BCUT2D eigenvalue weighted by molar-refractivity contribution is -0.136. The van der Waals surface area contributed by atoms with Gasteiger partial charge in [0.15, 0.2) is 0 Å². The number of nitrogens with zero attached hydrogens (tertiary/aromatic N) is 9. The maximum atomic E-state index is 14.0. The van der Waals surface area contributed by atoms with Gasteiger partial charge in [0, 0.05) is 106 Å². The predicted molar refractivity (Wildman–Crippen MR) is 262 cm³/mol. The lowest BCUT2D eigenvalue weighted by Crippen LogP contribution is -2.55. The number of piperidine rings is 2. The molecule has 1 aliphatic carbocycles. The van der Waals surface area contributed by atoms with E-state index in [1.54, 1.807) is 48.6 Å². The van der Waals surface area contributed by atoms with Crippen molar-refractivity contribution in [2.75, 3.05) is 59.3 Å². The third-order valence-electron chi connectivity index (χ3n) is 15.4. The first-order valence-electron chi connectivity index (χ1n) is 24.3. The molecule has 3 atom stereocenters. The number of imide groups is 2. The Morgan fingerprint density at radius 3 is 2.34 bits per heavy atom. The summed E-state index contributed by atoms with van der Waals surface area (Å²) in [5.74, 6) is -1.24. The summed E-state index contributed by atoms with van der Waals surface area (Å²) in [5.41, 5.74) is 7.65. The summed E-state index contributed by atoms with van der Waals surface area (Å²) >= 11 is 0. The van der Waals surface area contributed by atoms with E-state index in [0.717, 1.165) is 74.7 Å². The Bertz CT molecular complexity index is 3060. The quantitative estimate of drug-likeness (QED) is 0.178. The number of amides is 5. The molecule has 5 aliphatic heterocycles. The largest absolute Gasteiger partial charge is 0.392 e. The van der Waals surface area contributed by atoms with Crippen molar-refractivity contribution in [2.24, 2.45) is 12.5 Å². The van der Waals surface area contributed by atoms with Crippen LogP contribution in [0.3, 0.4) is 0 Å². The Kier molecular flexibility index (Phi) is 11.2. The van der Waals surface area contributed by atoms with Crippen LogP contribution in [-0.2, 0) is 42.6 Å². The maximum Gasteiger partial charge on any atom is 0.276 e. The van der Waals surface area contributed by atoms with E-state index < -0.39 is 29.7 Å². The third-order valence-corrected chi connectivity index (χ3v) is 15.4. The second-order valence-corrected chi connectivity index (χ2v) is 20.5. The van der Waals surface area contributed by atoms with Gasteiger partial charge in [-0.1, -0.05) is 13.8 Å². The Morgan fingerprint density at radius 2 is 1.60 bits per heavy atom. The molecule has 0 radical (unpaired) electrons. The molecule has 3 N–H and O–H groups in total. The van der Waals surface area contributed by atoms with Gasteiger partial charge >= 0.3 is 0 Å². The molecule has 0 spiro atoms. The van der Waals surface area contributed by atoms with Gasteiger partial charge in [0.05, 0.1) is 29.6 Å². The summed E-state index contributed by atoms with van der Waals surface area (Å²) in [7, 11) is 1.69. The number of aliphatic hydroxyl groups excluding tert-OH is 1. The minimum absolute atomic E-state index is 0.0774. The molecule has 9 heterocycles. The number of fused-ring (bicyclic) bond motifs is 4. The molecule has 3 saturated heterocycles. The predicted octanol–water partition coefficient (Wildman–Crippen LogP) is 4.25. The van der Waals surface area contributed by atoms with E-state index in [0.29, 0.717) is 58.8 Å². The zero-order valence-corrected chi connectivity index (χ0v) is 39.9. The number of carbonyl (C=O) groups excluding carboxylic acids is 5. The number of benzene rings is 1. The Morgan fingerprint density at radius 1 is 0.814 bits per heavy atom. The van der Waals surface area contributed by atoms with Crippen molar-refractivity contribution >= 4 is 58.2 Å². The van der Waals surface area contributed by atoms with E-state index in [-0.39, 0.29) is 53.5 Å². The molecular weight excluding hydrogens is 891 g/mol. The second-order valence-electron chi connectivity index (χ2n) is 20.5. The van der Waals surface area contributed by atoms with Crippen LogP contribution in [-0.4, -0.2) is 121 Å². The molecule has 1 aromatic carbocycles. The Balaban J connectivity index is 0.718. The number of hydrogen-bond acceptors (Lipinski definition) is 13. The van der Waals surface area contributed by atoms with Gasteiger partial charge in [0.1, 0.15) is 29.1 Å². The normalized spacial score (nSPS) is 22.4. The molecule has 362 valence electrons. The highest BCUT2D eigenvalue weighted by Gasteiger charge is 2.45. The van der Waals surface area contributed by atoms with Crippen molar-refractivity contribution < 1.29 is 29.1 Å². The first kappa shape index (κ1) is 45.3. The summed E-state index contributed by atoms with van der Waals surface area (Å²) in [6, 6.07) is 14.5. The fraction of sp³-hybridized carbons (Fsp3) is 0.423. The van der Waals surface area contributed by atoms with Crippen LogP contribution < -0.4 is 30.9 Å². The molecule has 0 saturated carbocycles. The first-order chi connectivity index (χ1) is 33.7. The van der Waals surface area contributed by atoms with Gasteiger partial charge in [-0.15, -0.1) is 0 Å². The average Bonchev–Trinajstić information content (AvgIpc) is 3.94. The molecular formula is C52H57N11O7. The minimum Gasteiger partial charge on any atom is -0.392 e. The number of aryl methyl sites for hydroxylation is 1. The number of anilines is 5. The Hall–Kier alpha value is -7.18. The highest BCUT2D eigenvalue weighted by Crippen LogP contribution is 2.41. The van der Waals surface area contributed by atoms with E-state index in [1.807, 2.05) is 30.5 Å². The molecule has 0 bridgehead atoms. The fourth-order valence-electron chi connectivity index (χ4n) is 11.8. The van der Waals surface area contributed by atoms with Crippen LogP contribution in [0.1, 0.15) is 94.5 Å². The van der Waals surface area contributed by atoms with Gasteiger partial charge in [-0.3, -0.25) is 48.8 Å². The summed E-state index contributed by atoms with van der Waals surface area (Å²) < 4.78 is 3.66. The van der Waals surface area contributed by atoms with Crippen LogP contribution in [0, 0.1) is 5.41 Å². The van der Waals surface area contributed by atoms with Gasteiger partial charge in [-0.2, -0.15) is 0 Å². The highest BCUT2D eigenvalue weighted by atomic mass is 16.3. The van der Waals surface area contributed by atoms with E-state index >= 15 is 0 Å². The topological polar surface area (TPSA) is 199 Å². The second kappa shape index (κ2) is 17.3. The summed E-state index contributed by atoms with van der Waals surface area (Å²) in [5, 5.41) is 16.3. The van der Waals surface area contributed by atoms with Gasteiger partial charge in [-0.05, 0) is 104 Å². The maximum absolute atomic E-state index is 14.0. The third kappa shape index (κ3) is 7.82. The van der Waals surface area contributed by atoms with Crippen LogP contribution in [0.5, 0.6) is 0 Å². The van der Waals surface area contributed by atoms with Gasteiger partial charge in [-0.25, -0.2) is 9.97 Å². The molecule has 3 fully saturated rings. The molecule has 5 amide bonds. The molecule has 70 heavy (non-hydrogen) atoms. The summed E-state index contributed by atoms with van der Waals surface area (Å²) in [4.78, 5) is 97.6. The van der Waals surface area contributed by atoms with Crippen LogP contribution in [0.2, 0.25) is 0 Å². The zero-order chi connectivity index (χ0) is 48.7. The number of hydrogen-bond donors (Lipinski definition) is 3. The van der Waals surface area contributed by atoms with E-state index in [1.165, 1.54) is 15.8 Å². The number of aliphatic hydroxyl groups is 1.